The quantitative estimate of drug-likeness (QED) is 0.703. The van der Waals surface area contributed by atoms with Crippen LogP contribution in [-0.4, -0.2) is 54.4 Å². The van der Waals surface area contributed by atoms with Gasteiger partial charge in [0, 0.05) is 24.9 Å². The molecular formula is C13H28BNO3. The molecule has 2 atom stereocenters. The smallest absolute Gasteiger partial charge is 0.427 e. The molecule has 2 N–H and O–H groups in total. The number of nitrogens with zero attached hydrogens (tertiary/aromatic N) is 1. The Kier molecular flexibility index (Phi) is 6.64. The largest absolute Gasteiger partial charge is 0.456 e. The molecule has 2 unspecified atom stereocenters. The van der Waals surface area contributed by atoms with Crippen molar-refractivity contribution in [3.05, 3.63) is 0 Å². The molecule has 0 aromatic carbocycles. The first-order valence-corrected chi connectivity index (χ1v) is 7.11. The molecule has 0 aromatic rings. The summed E-state index contributed by atoms with van der Waals surface area (Å²) in [5.41, 5.74) is 0. The highest BCUT2D eigenvalue weighted by atomic mass is 16.5. The van der Waals surface area contributed by atoms with Crippen LogP contribution in [0, 0.1) is 11.8 Å². The van der Waals surface area contributed by atoms with Gasteiger partial charge in [-0.3, -0.25) is 4.90 Å². The molecule has 1 aliphatic rings. The molecule has 1 saturated heterocycles. The molecule has 0 aliphatic carbocycles. The number of hydrogen-bond donors (Lipinski definition) is 2. The predicted molar refractivity (Wildman–Crippen MR) is 74.4 cm³/mol. The van der Waals surface area contributed by atoms with Crippen LogP contribution in [0.2, 0.25) is 5.82 Å². The van der Waals surface area contributed by atoms with Crippen LogP contribution in [0.1, 0.15) is 34.1 Å². The van der Waals surface area contributed by atoms with E-state index in [2.05, 4.69) is 32.6 Å². The van der Waals surface area contributed by atoms with Gasteiger partial charge in [0.05, 0.1) is 13.2 Å². The van der Waals surface area contributed by atoms with Gasteiger partial charge in [0.15, 0.2) is 0 Å². The zero-order valence-electron chi connectivity index (χ0n) is 12.2. The van der Waals surface area contributed by atoms with E-state index in [0.717, 1.165) is 32.7 Å². The van der Waals surface area contributed by atoms with E-state index in [1.807, 2.05) is 0 Å². The second-order valence-electron chi connectivity index (χ2n) is 6.08. The van der Waals surface area contributed by atoms with Crippen molar-refractivity contribution in [1.29, 1.82) is 0 Å². The summed E-state index contributed by atoms with van der Waals surface area (Å²) in [6.07, 6.45) is 1.00. The molecule has 5 heteroatoms. The minimum Gasteiger partial charge on any atom is -0.427 e. The molecule has 0 radical (unpaired) electrons. The van der Waals surface area contributed by atoms with Crippen molar-refractivity contribution in [3.8, 4) is 0 Å². The van der Waals surface area contributed by atoms with Crippen LogP contribution in [0.5, 0.6) is 0 Å². The van der Waals surface area contributed by atoms with Crippen LogP contribution in [0.25, 0.3) is 0 Å². The molecule has 0 spiro atoms. The lowest BCUT2D eigenvalue weighted by Gasteiger charge is -2.41. The van der Waals surface area contributed by atoms with E-state index >= 15 is 0 Å². The monoisotopic (exact) mass is 257 g/mol. The van der Waals surface area contributed by atoms with Gasteiger partial charge in [0.2, 0.25) is 0 Å². The average Bonchev–Trinajstić information content (AvgIpc) is 2.27. The summed E-state index contributed by atoms with van der Waals surface area (Å²) in [4.78, 5) is 2.37. The molecule has 106 valence electrons. The van der Waals surface area contributed by atoms with Gasteiger partial charge >= 0.3 is 7.12 Å². The van der Waals surface area contributed by atoms with Crippen molar-refractivity contribution >= 4 is 7.12 Å². The number of ether oxygens (including phenoxy) is 1. The first kappa shape index (κ1) is 16.0. The van der Waals surface area contributed by atoms with Gasteiger partial charge in [0.1, 0.15) is 0 Å². The highest BCUT2D eigenvalue weighted by Crippen LogP contribution is 2.32. The second-order valence-corrected chi connectivity index (χ2v) is 6.08. The summed E-state index contributed by atoms with van der Waals surface area (Å²) in [6.45, 7) is 11.8. The third-order valence-corrected chi connectivity index (χ3v) is 3.79. The molecule has 0 amide bonds. The first-order chi connectivity index (χ1) is 8.43. The van der Waals surface area contributed by atoms with Crippen molar-refractivity contribution in [2.24, 2.45) is 11.8 Å². The summed E-state index contributed by atoms with van der Waals surface area (Å²) < 4.78 is 5.39. The van der Waals surface area contributed by atoms with Gasteiger partial charge in [-0.2, -0.15) is 0 Å². The van der Waals surface area contributed by atoms with Crippen molar-refractivity contribution in [2.45, 2.75) is 46.0 Å². The van der Waals surface area contributed by atoms with Crippen molar-refractivity contribution in [1.82, 2.24) is 4.90 Å². The van der Waals surface area contributed by atoms with E-state index in [4.69, 9.17) is 4.74 Å². The molecule has 1 aliphatic heterocycles. The normalized spacial score (nSPS) is 21.3. The molecule has 1 fully saturated rings. The third-order valence-electron chi connectivity index (χ3n) is 3.79. The Labute approximate surface area is 111 Å². The van der Waals surface area contributed by atoms with Gasteiger partial charge in [-0.15, -0.1) is 0 Å². The molecule has 0 bridgehead atoms. The van der Waals surface area contributed by atoms with Crippen LogP contribution < -0.4 is 0 Å². The predicted octanol–water partition coefficient (Wildman–Crippen LogP) is 1.23. The fourth-order valence-corrected chi connectivity index (χ4v) is 2.93. The van der Waals surface area contributed by atoms with Crippen LogP contribution in [0.3, 0.4) is 0 Å². The Morgan fingerprint density at radius 2 is 1.67 bits per heavy atom. The number of rotatable bonds is 6. The number of morpholine rings is 1. The molecule has 18 heavy (non-hydrogen) atoms. The lowest BCUT2D eigenvalue weighted by atomic mass is 9.61. The van der Waals surface area contributed by atoms with E-state index in [-0.39, 0.29) is 17.8 Å². The maximum absolute atomic E-state index is 9.69. The summed E-state index contributed by atoms with van der Waals surface area (Å²) in [5.74, 6) is 0.722. The first-order valence-electron chi connectivity index (χ1n) is 7.11. The van der Waals surface area contributed by atoms with Crippen LogP contribution in [0.15, 0.2) is 0 Å². The lowest BCUT2D eigenvalue weighted by molar-refractivity contribution is 0.00508. The summed E-state index contributed by atoms with van der Waals surface area (Å²) in [7, 11) is -1.24. The molecule has 0 aromatic heterocycles. The van der Waals surface area contributed by atoms with E-state index in [1.165, 1.54) is 0 Å². The van der Waals surface area contributed by atoms with E-state index in [1.54, 1.807) is 0 Å². The molecular weight excluding hydrogens is 229 g/mol. The Morgan fingerprint density at radius 3 is 2.06 bits per heavy atom. The van der Waals surface area contributed by atoms with Gasteiger partial charge in [-0.1, -0.05) is 27.7 Å². The van der Waals surface area contributed by atoms with E-state index in [9.17, 15) is 10.0 Å². The Balaban J connectivity index is 2.79. The van der Waals surface area contributed by atoms with E-state index in [0.29, 0.717) is 5.92 Å². The molecule has 0 saturated carbocycles. The molecule has 4 nitrogen and oxygen atoms in total. The molecule has 1 rings (SSSR count). The van der Waals surface area contributed by atoms with Crippen molar-refractivity contribution in [3.63, 3.8) is 0 Å². The number of hydrogen-bond acceptors (Lipinski definition) is 4. The summed E-state index contributed by atoms with van der Waals surface area (Å²) in [5, 5.41) is 19.4. The van der Waals surface area contributed by atoms with Crippen LogP contribution in [-0.2, 0) is 4.74 Å². The minimum atomic E-state index is -1.24. The fourth-order valence-electron chi connectivity index (χ4n) is 2.93. The van der Waals surface area contributed by atoms with E-state index < -0.39 is 7.12 Å². The Hall–Kier alpha value is -0.0951. The second kappa shape index (κ2) is 7.48. The third kappa shape index (κ3) is 4.54. The summed E-state index contributed by atoms with van der Waals surface area (Å²) in [6, 6.07) is 0.230. The maximum Gasteiger partial charge on any atom is 0.456 e. The van der Waals surface area contributed by atoms with Gasteiger partial charge in [-0.25, -0.2) is 0 Å². The van der Waals surface area contributed by atoms with Crippen molar-refractivity contribution < 1.29 is 14.8 Å². The zero-order valence-corrected chi connectivity index (χ0v) is 12.2. The van der Waals surface area contributed by atoms with Gasteiger partial charge < -0.3 is 14.8 Å². The Bertz CT molecular complexity index is 222. The standard InChI is InChI=1S/C13H28BNO3/c1-10(2)9-12(13(11(3)4)14(16)17)15-5-7-18-8-6-15/h10-13,16-17H,5-9H2,1-4H3. The highest BCUT2D eigenvalue weighted by molar-refractivity contribution is 6.43. The Morgan fingerprint density at radius 1 is 1.11 bits per heavy atom. The fraction of sp³-hybridized carbons (Fsp3) is 1.00. The zero-order chi connectivity index (χ0) is 13.7. The van der Waals surface area contributed by atoms with Crippen molar-refractivity contribution in [2.75, 3.05) is 26.3 Å². The van der Waals surface area contributed by atoms with Crippen LogP contribution >= 0.6 is 0 Å². The van der Waals surface area contributed by atoms with Gasteiger partial charge in [0.25, 0.3) is 0 Å². The van der Waals surface area contributed by atoms with Crippen LogP contribution in [0.4, 0.5) is 0 Å². The average molecular weight is 257 g/mol. The molecule has 1 heterocycles. The maximum atomic E-state index is 9.69. The highest BCUT2D eigenvalue weighted by Gasteiger charge is 2.38. The topological polar surface area (TPSA) is 52.9 Å². The lowest BCUT2D eigenvalue weighted by Crippen LogP contribution is -2.50. The summed E-state index contributed by atoms with van der Waals surface area (Å²) >= 11 is 0. The van der Waals surface area contributed by atoms with Gasteiger partial charge in [-0.05, 0) is 18.3 Å². The minimum absolute atomic E-state index is 0.0921. The SMILES string of the molecule is CC(C)CC(C(B(O)O)C(C)C)N1CCOCC1.